The van der Waals surface area contributed by atoms with E-state index >= 15 is 0 Å². The van der Waals surface area contributed by atoms with Gasteiger partial charge in [-0.2, -0.15) is 0 Å². The fourth-order valence-corrected chi connectivity index (χ4v) is 6.72. The Bertz CT molecular complexity index is 1810. The van der Waals surface area contributed by atoms with E-state index in [-0.39, 0.29) is 23.1 Å². The van der Waals surface area contributed by atoms with Gasteiger partial charge in [0.05, 0.1) is 35.2 Å². The molecule has 0 saturated carbocycles. The number of carboxylic acids is 1. The van der Waals surface area contributed by atoms with E-state index in [1.54, 1.807) is 42.2 Å². The van der Waals surface area contributed by atoms with E-state index in [1.165, 1.54) is 6.07 Å². The second kappa shape index (κ2) is 11.5. The van der Waals surface area contributed by atoms with Gasteiger partial charge >= 0.3 is 12.1 Å². The fraction of sp³-hybridized carbons (Fsp3) is 0.364. The predicted octanol–water partition coefficient (Wildman–Crippen LogP) is 6.00. The molecule has 0 radical (unpaired) electrons. The number of piperidine rings is 1. The Hall–Kier alpha value is -4.35. The zero-order valence-electron chi connectivity index (χ0n) is 24.7. The second-order valence-electron chi connectivity index (χ2n) is 11.8. The number of cyclic esters (lactones) is 1. The third-order valence-electron chi connectivity index (χ3n) is 8.94. The van der Waals surface area contributed by atoms with Crippen LogP contribution in [0.3, 0.4) is 0 Å². The standard InChI is InChI=1S/C33H32ClFN4O6/c1-33(24-7-6-22(34)18-25(24)35)44-28-4-2-3-23(30(28)45-33)20-9-11-37(12-10-20)19-29-36-26-8-5-21(31(40)41)17-27(26)39(29)14-13-38-15-16-43-32(38)42/h2-8,17-18,20H,9-16,19H2,1H3,(H,40,41). The van der Waals surface area contributed by atoms with Crippen molar-refractivity contribution in [2.24, 2.45) is 0 Å². The number of para-hydroxylation sites is 1. The van der Waals surface area contributed by atoms with E-state index in [4.69, 9.17) is 30.8 Å². The minimum absolute atomic E-state index is 0.188. The van der Waals surface area contributed by atoms with Crippen molar-refractivity contribution in [1.29, 1.82) is 0 Å². The van der Waals surface area contributed by atoms with Gasteiger partial charge in [-0.15, -0.1) is 0 Å². The van der Waals surface area contributed by atoms with Crippen molar-refractivity contribution in [2.45, 2.75) is 44.6 Å². The monoisotopic (exact) mass is 634 g/mol. The largest absolute Gasteiger partial charge is 0.478 e. The third-order valence-corrected chi connectivity index (χ3v) is 9.17. The highest BCUT2D eigenvalue weighted by Gasteiger charge is 2.43. The van der Waals surface area contributed by atoms with Crippen molar-refractivity contribution in [1.82, 2.24) is 19.4 Å². The van der Waals surface area contributed by atoms with Crippen LogP contribution >= 0.6 is 11.6 Å². The molecule has 2 saturated heterocycles. The summed E-state index contributed by atoms with van der Waals surface area (Å²) in [5.74, 6) is -0.534. The first-order valence-corrected chi connectivity index (χ1v) is 15.4. The Morgan fingerprint density at radius 3 is 2.64 bits per heavy atom. The number of hydrogen-bond donors (Lipinski definition) is 1. The van der Waals surface area contributed by atoms with Gasteiger partial charge in [0.1, 0.15) is 18.2 Å². The van der Waals surface area contributed by atoms with E-state index in [0.717, 1.165) is 42.8 Å². The summed E-state index contributed by atoms with van der Waals surface area (Å²) >= 11 is 5.97. The summed E-state index contributed by atoms with van der Waals surface area (Å²) in [6.07, 6.45) is 1.40. The van der Waals surface area contributed by atoms with Crippen LogP contribution < -0.4 is 9.47 Å². The van der Waals surface area contributed by atoms with Crippen molar-refractivity contribution in [3.63, 3.8) is 0 Å². The van der Waals surface area contributed by atoms with Crippen LogP contribution in [0.5, 0.6) is 11.5 Å². The van der Waals surface area contributed by atoms with Crippen LogP contribution in [0.4, 0.5) is 9.18 Å². The summed E-state index contributed by atoms with van der Waals surface area (Å²) in [4.78, 5) is 32.6. The molecule has 2 fully saturated rings. The molecule has 3 aliphatic heterocycles. The number of carbonyl (C=O) groups is 2. The van der Waals surface area contributed by atoms with Gasteiger partial charge in [0.25, 0.3) is 5.79 Å². The molecule has 1 atom stereocenters. The van der Waals surface area contributed by atoms with Gasteiger partial charge in [0, 0.05) is 30.6 Å². The summed E-state index contributed by atoms with van der Waals surface area (Å²) in [6, 6.07) is 15.2. The number of aromatic carboxylic acids is 1. The SMILES string of the molecule is CC1(c2ccc(Cl)cc2F)Oc2cccc(C3CCN(Cc4nc5ccc(C(=O)O)cc5n4CCN4CCOC4=O)CC3)c2O1. The molecule has 0 aliphatic carbocycles. The molecule has 1 aromatic heterocycles. The smallest absolute Gasteiger partial charge is 0.410 e. The number of fused-ring (bicyclic) bond motifs is 2. The third kappa shape index (κ3) is 5.55. The molecule has 12 heteroatoms. The van der Waals surface area contributed by atoms with Gasteiger partial charge in [-0.25, -0.2) is 19.0 Å². The number of rotatable bonds is 8. The van der Waals surface area contributed by atoms with Crippen molar-refractivity contribution in [2.75, 3.05) is 32.8 Å². The Balaban J connectivity index is 1.07. The van der Waals surface area contributed by atoms with Crippen LogP contribution in [0.2, 0.25) is 5.02 Å². The molecule has 1 N–H and O–H groups in total. The Morgan fingerprint density at radius 2 is 1.91 bits per heavy atom. The number of carboxylic acid groups (broad SMARTS) is 1. The normalized spacial score (nSPS) is 20.2. The molecule has 1 amide bonds. The van der Waals surface area contributed by atoms with E-state index in [0.29, 0.717) is 54.8 Å². The highest BCUT2D eigenvalue weighted by atomic mass is 35.5. The summed E-state index contributed by atoms with van der Waals surface area (Å²) in [5.41, 5.74) is 2.95. The second-order valence-corrected chi connectivity index (χ2v) is 12.2. The van der Waals surface area contributed by atoms with Crippen molar-refractivity contribution in [3.05, 3.63) is 88.0 Å². The highest BCUT2D eigenvalue weighted by molar-refractivity contribution is 6.30. The highest BCUT2D eigenvalue weighted by Crippen LogP contribution is 2.49. The number of halogens is 2. The quantitative estimate of drug-likeness (QED) is 0.252. The number of ether oxygens (including phenoxy) is 3. The molecule has 1 unspecified atom stereocenters. The average Bonchev–Trinajstić information content (AvgIpc) is 3.69. The lowest BCUT2D eigenvalue weighted by Crippen LogP contribution is -2.34. The Labute approximate surface area is 263 Å². The van der Waals surface area contributed by atoms with Crippen LogP contribution in [0.25, 0.3) is 11.0 Å². The maximum Gasteiger partial charge on any atom is 0.410 e. The van der Waals surface area contributed by atoms with Crippen LogP contribution in [0.15, 0.2) is 54.6 Å². The number of benzene rings is 3. The molecule has 3 aliphatic rings. The number of hydrogen-bond acceptors (Lipinski definition) is 7. The Kier molecular flexibility index (Phi) is 7.53. The van der Waals surface area contributed by atoms with Gasteiger partial charge in [-0.1, -0.05) is 23.7 Å². The van der Waals surface area contributed by atoms with E-state index in [2.05, 4.69) is 11.0 Å². The Morgan fingerprint density at radius 1 is 1.09 bits per heavy atom. The molecule has 10 nitrogen and oxygen atoms in total. The van der Waals surface area contributed by atoms with Crippen molar-refractivity contribution in [3.8, 4) is 11.5 Å². The van der Waals surface area contributed by atoms with E-state index in [9.17, 15) is 19.1 Å². The minimum atomic E-state index is -1.31. The summed E-state index contributed by atoms with van der Waals surface area (Å²) < 4.78 is 34.5. The number of likely N-dealkylation sites (tertiary alicyclic amines) is 1. The number of amides is 1. The molecular formula is C33H32ClFN4O6. The molecule has 4 aromatic rings. The summed E-state index contributed by atoms with van der Waals surface area (Å²) in [6.45, 7) is 5.71. The first-order valence-electron chi connectivity index (χ1n) is 15.0. The molecule has 7 rings (SSSR count). The van der Waals surface area contributed by atoms with Gasteiger partial charge in [0.2, 0.25) is 0 Å². The van der Waals surface area contributed by atoms with Gasteiger partial charge in [0.15, 0.2) is 11.5 Å². The molecule has 0 bridgehead atoms. The summed E-state index contributed by atoms with van der Waals surface area (Å²) in [7, 11) is 0. The van der Waals surface area contributed by atoms with Gasteiger partial charge in [-0.3, -0.25) is 4.90 Å². The van der Waals surface area contributed by atoms with Gasteiger partial charge in [-0.05, 0) is 74.3 Å². The molecule has 0 spiro atoms. The average molecular weight is 635 g/mol. The predicted molar refractivity (Wildman–Crippen MR) is 163 cm³/mol. The lowest BCUT2D eigenvalue weighted by atomic mass is 9.88. The van der Waals surface area contributed by atoms with Crippen LogP contribution in [-0.2, 0) is 23.6 Å². The van der Waals surface area contributed by atoms with Crippen molar-refractivity contribution < 1.29 is 33.3 Å². The van der Waals surface area contributed by atoms with Crippen LogP contribution in [0.1, 0.15) is 53.0 Å². The number of carbonyl (C=O) groups excluding carboxylic acids is 1. The maximum absolute atomic E-state index is 14.8. The lowest BCUT2D eigenvalue weighted by molar-refractivity contribution is -0.0712. The topological polar surface area (TPSA) is 106 Å². The molecule has 234 valence electrons. The molecule has 3 aromatic carbocycles. The first-order chi connectivity index (χ1) is 21.7. The minimum Gasteiger partial charge on any atom is -0.478 e. The van der Waals surface area contributed by atoms with E-state index in [1.807, 2.05) is 16.7 Å². The van der Waals surface area contributed by atoms with Crippen LogP contribution in [0, 0.1) is 5.82 Å². The number of nitrogens with zero attached hydrogens (tertiary/aromatic N) is 4. The fourth-order valence-electron chi connectivity index (χ4n) is 6.56. The van der Waals surface area contributed by atoms with Gasteiger partial charge < -0.3 is 28.8 Å². The zero-order valence-corrected chi connectivity index (χ0v) is 25.4. The lowest BCUT2D eigenvalue weighted by Gasteiger charge is -2.32. The first kappa shape index (κ1) is 29.4. The van der Waals surface area contributed by atoms with E-state index < -0.39 is 17.6 Å². The molecule has 45 heavy (non-hydrogen) atoms. The molecule has 4 heterocycles. The number of imidazole rings is 1. The zero-order chi connectivity index (χ0) is 31.3. The number of aromatic nitrogens is 2. The maximum atomic E-state index is 14.8. The summed E-state index contributed by atoms with van der Waals surface area (Å²) in [5, 5.41) is 9.89. The van der Waals surface area contributed by atoms with Crippen LogP contribution in [-0.4, -0.2) is 69.3 Å². The molecular weight excluding hydrogens is 603 g/mol. The van der Waals surface area contributed by atoms with Crippen molar-refractivity contribution >= 4 is 34.7 Å².